The van der Waals surface area contributed by atoms with Gasteiger partial charge in [-0.1, -0.05) is 26.0 Å². The number of amides is 1. The molecular formula is C15H21BrN2O. The summed E-state index contributed by atoms with van der Waals surface area (Å²) in [5.41, 5.74) is 1.22. The smallest absolute Gasteiger partial charge is 0.222 e. The second-order valence-electron chi connectivity index (χ2n) is 5.42. The zero-order valence-corrected chi connectivity index (χ0v) is 13.2. The Kier molecular flexibility index (Phi) is 4.86. The average Bonchev–Trinajstić information content (AvgIpc) is 2.39. The van der Waals surface area contributed by atoms with Gasteiger partial charge in [0.15, 0.2) is 0 Å². The Morgan fingerprint density at radius 3 is 2.42 bits per heavy atom. The average molecular weight is 325 g/mol. The fraction of sp³-hybridized carbons (Fsp3) is 0.533. The highest BCUT2D eigenvalue weighted by atomic mass is 79.9. The Morgan fingerprint density at radius 2 is 1.84 bits per heavy atom. The number of halogens is 1. The highest BCUT2D eigenvalue weighted by molar-refractivity contribution is 9.10. The molecule has 1 heterocycles. The van der Waals surface area contributed by atoms with Crippen LogP contribution in [0.1, 0.15) is 20.3 Å². The molecule has 0 radical (unpaired) electrons. The molecule has 0 bridgehead atoms. The second-order valence-corrected chi connectivity index (χ2v) is 6.27. The van der Waals surface area contributed by atoms with Gasteiger partial charge in [-0.2, -0.15) is 0 Å². The minimum Gasteiger partial charge on any atom is -0.367 e. The van der Waals surface area contributed by atoms with Crippen LogP contribution in [-0.2, 0) is 4.79 Å². The molecule has 1 aromatic carbocycles. The first-order valence-corrected chi connectivity index (χ1v) is 7.64. The topological polar surface area (TPSA) is 23.6 Å². The van der Waals surface area contributed by atoms with Gasteiger partial charge in [-0.05, 0) is 34.0 Å². The van der Waals surface area contributed by atoms with Crippen molar-refractivity contribution in [3.05, 3.63) is 28.7 Å². The van der Waals surface area contributed by atoms with Crippen LogP contribution in [0.3, 0.4) is 0 Å². The molecule has 19 heavy (non-hydrogen) atoms. The lowest BCUT2D eigenvalue weighted by molar-refractivity contribution is -0.132. The third kappa shape index (κ3) is 3.72. The number of carbonyl (C=O) groups is 1. The number of nitrogens with zero attached hydrogens (tertiary/aromatic N) is 2. The van der Waals surface area contributed by atoms with E-state index in [1.165, 1.54) is 5.69 Å². The molecule has 1 aromatic rings. The summed E-state index contributed by atoms with van der Waals surface area (Å²) in [5.74, 6) is 0.732. The molecule has 0 atom stereocenters. The maximum atomic E-state index is 12.0. The van der Waals surface area contributed by atoms with E-state index < -0.39 is 0 Å². The molecule has 4 heteroatoms. The van der Waals surface area contributed by atoms with Crippen molar-refractivity contribution in [2.24, 2.45) is 5.92 Å². The number of hydrogen-bond acceptors (Lipinski definition) is 2. The van der Waals surface area contributed by atoms with Crippen LogP contribution >= 0.6 is 15.9 Å². The van der Waals surface area contributed by atoms with Gasteiger partial charge in [-0.25, -0.2) is 0 Å². The largest absolute Gasteiger partial charge is 0.367 e. The fourth-order valence-corrected chi connectivity index (χ4v) is 2.92. The first kappa shape index (κ1) is 14.4. The molecule has 0 saturated carbocycles. The lowest BCUT2D eigenvalue weighted by atomic mass is 10.1. The summed E-state index contributed by atoms with van der Waals surface area (Å²) in [6.07, 6.45) is 0.662. The van der Waals surface area contributed by atoms with Crippen molar-refractivity contribution in [2.45, 2.75) is 20.3 Å². The van der Waals surface area contributed by atoms with E-state index in [1.54, 1.807) is 0 Å². The molecular weight excluding hydrogens is 304 g/mol. The zero-order valence-electron chi connectivity index (χ0n) is 11.6. The summed E-state index contributed by atoms with van der Waals surface area (Å²) in [5, 5.41) is 0. The number of piperazine rings is 1. The van der Waals surface area contributed by atoms with Gasteiger partial charge in [-0.3, -0.25) is 4.79 Å². The number of rotatable bonds is 3. The number of para-hydroxylation sites is 1. The first-order valence-electron chi connectivity index (χ1n) is 6.85. The Labute approximate surface area is 123 Å². The molecule has 0 aliphatic carbocycles. The van der Waals surface area contributed by atoms with Crippen LogP contribution in [0.2, 0.25) is 0 Å². The molecule has 1 saturated heterocycles. The predicted octanol–water partition coefficient (Wildman–Crippen LogP) is 3.14. The van der Waals surface area contributed by atoms with E-state index in [1.807, 2.05) is 11.0 Å². The van der Waals surface area contributed by atoms with Gasteiger partial charge in [0.2, 0.25) is 5.91 Å². The lowest BCUT2D eigenvalue weighted by Crippen LogP contribution is -2.49. The van der Waals surface area contributed by atoms with Crippen LogP contribution in [0.5, 0.6) is 0 Å². The van der Waals surface area contributed by atoms with Crippen molar-refractivity contribution >= 4 is 27.5 Å². The van der Waals surface area contributed by atoms with Gasteiger partial charge < -0.3 is 9.80 Å². The van der Waals surface area contributed by atoms with Gasteiger partial charge in [0.25, 0.3) is 0 Å². The Balaban J connectivity index is 1.93. The minimum absolute atomic E-state index is 0.293. The van der Waals surface area contributed by atoms with Crippen LogP contribution in [-0.4, -0.2) is 37.0 Å². The molecule has 0 aromatic heterocycles. The van der Waals surface area contributed by atoms with Crippen LogP contribution < -0.4 is 4.90 Å². The lowest BCUT2D eigenvalue weighted by Gasteiger charge is -2.36. The molecule has 104 valence electrons. The number of hydrogen-bond donors (Lipinski definition) is 0. The summed E-state index contributed by atoms with van der Waals surface area (Å²) < 4.78 is 1.12. The predicted molar refractivity (Wildman–Crippen MR) is 82.4 cm³/mol. The van der Waals surface area contributed by atoms with E-state index in [0.717, 1.165) is 30.7 Å². The Morgan fingerprint density at radius 1 is 1.21 bits per heavy atom. The van der Waals surface area contributed by atoms with Crippen molar-refractivity contribution in [2.75, 3.05) is 31.1 Å². The molecule has 0 unspecified atom stereocenters. The molecule has 2 rings (SSSR count). The van der Waals surface area contributed by atoms with Gasteiger partial charge >= 0.3 is 0 Å². The normalized spacial score (nSPS) is 16.0. The third-order valence-corrected chi connectivity index (χ3v) is 4.08. The van der Waals surface area contributed by atoms with Crippen molar-refractivity contribution in [1.82, 2.24) is 4.90 Å². The summed E-state index contributed by atoms with van der Waals surface area (Å²) in [4.78, 5) is 16.3. The van der Waals surface area contributed by atoms with Crippen molar-refractivity contribution in [1.29, 1.82) is 0 Å². The van der Waals surface area contributed by atoms with Crippen LogP contribution in [0, 0.1) is 5.92 Å². The zero-order chi connectivity index (χ0) is 13.8. The van der Waals surface area contributed by atoms with Crippen molar-refractivity contribution < 1.29 is 4.79 Å². The number of benzene rings is 1. The molecule has 1 aliphatic heterocycles. The first-order chi connectivity index (χ1) is 9.08. The molecule has 1 aliphatic rings. The fourth-order valence-electron chi connectivity index (χ4n) is 2.38. The van der Waals surface area contributed by atoms with Crippen LogP contribution in [0.4, 0.5) is 5.69 Å². The SMILES string of the molecule is CC(C)CC(=O)N1CCN(c2ccccc2Br)CC1. The minimum atomic E-state index is 0.293. The van der Waals surface area contributed by atoms with Crippen molar-refractivity contribution in [3.8, 4) is 0 Å². The standard InChI is InChI=1S/C15H21BrN2O/c1-12(2)11-15(19)18-9-7-17(8-10-18)14-6-4-3-5-13(14)16/h3-6,12H,7-11H2,1-2H3. The van der Waals surface area contributed by atoms with Gasteiger partial charge in [0.05, 0.1) is 5.69 Å². The van der Waals surface area contributed by atoms with E-state index in [9.17, 15) is 4.79 Å². The van der Waals surface area contributed by atoms with Gasteiger partial charge in [-0.15, -0.1) is 0 Å². The molecule has 0 spiro atoms. The van der Waals surface area contributed by atoms with E-state index in [4.69, 9.17) is 0 Å². The molecule has 0 N–H and O–H groups in total. The van der Waals surface area contributed by atoms with Crippen LogP contribution in [0.15, 0.2) is 28.7 Å². The summed E-state index contributed by atoms with van der Waals surface area (Å²) in [6.45, 7) is 7.66. The Hall–Kier alpha value is -1.03. The van der Waals surface area contributed by atoms with E-state index in [2.05, 4.69) is 52.9 Å². The van der Waals surface area contributed by atoms with Crippen molar-refractivity contribution in [3.63, 3.8) is 0 Å². The number of carbonyl (C=O) groups excluding carboxylic acids is 1. The molecule has 1 amide bonds. The summed E-state index contributed by atoms with van der Waals surface area (Å²) in [7, 11) is 0. The third-order valence-electron chi connectivity index (χ3n) is 3.41. The monoisotopic (exact) mass is 324 g/mol. The number of anilines is 1. The van der Waals surface area contributed by atoms with E-state index >= 15 is 0 Å². The van der Waals surface area contributed by atoms with Gasteiger partial charge in [0, 0.05) is 37.1 Å². The highest BCUT2D eigenvalue weighted by Crippen LogP contribution is 2.26. The maximum absolute atomic E-state index is 12.0. The van der Waals surface area contributed by atoms with Gasteiger partial charge in [0.1, 0.15) is 0 Å². The van der Waals surface area contributed by atoms with E-state index in [0.29, 0.717) is 18.2 Å². The highest BCUT2D eigenvalue weighted by Gasteiger charge is 2.22. The van der Waals surface area contributed by atoms with E-state index in [-0.39, 0.29) is 0 Å². The second kappa shape index (κ2) is 6.42. The summed E-state index contributed by atoms with van der Waals surface area (Å²) >= 11 is 3.59. The quantitative estimate of drug-likeness (QED) is 0.852. The van der Waals surface area contributed by atoms with Crippen LogP contribution in [0.25, 0.3) is 0 Å². The molecule has 3 nitrogen and oxygen atoms in total. The molecule has 1 fully saturated rings. The Bertz CT molecular complexity index is 440. The summed E-state index contributed by atoms with van der Waals surface area (Å²) in [6, 6.07) is 8.26. The maximum Gasteiger partial charge on any atom is 0.222 e.